The molecule has 0 spiro atoms. The molecule has 1 aromatic carbocycles. The largest absolute Gasteiger partial charge is 0.486 e. The number of morpholine rings is 1. The van der Waals surface area contributed by atoms with E-state index in [4.69, 9.17) is 14.2 Å². The minimum atomic E-state index is -0.312. The summed E-state index contributed by atoms with van der Waals surface area (Å²) in [5.74, 6) is 1.03. The summed E-state index contributed by atoms with van der Waals surface area (Å²) in [6.45, 7) is 6.53. The molecule has 0 unspecified atom stereocenters. The summed E-state index contributed by atoms with van der Waals surface area (Å²) in [6, 6.07) is 5.48. The molecule has 2 fully saturated rings. The molecule has 2 amide bonds. The molecule has 0 aromatic heterocycles. The minimum Gasteiger partial charge on any atom is -0.486 e. The molecule has 7 heteroatoms. The number of amides is 2. The highest BCUT2D eigenvalue weighted by Crippen LogP contribution is 2.36. The average Bonchev–Trinajstić information content (AvgIpc) is 3.01. The number of hydrogen-bond donors (Lipinski definition) is 0. The summed E-state index contributed by atoms with van der Waals surface area (Å²) >= 11 is 0. The number of benzene rings is 1. The van der Waals surface area contributed by atoms with Gasteiger partial charge in [0, 0.05) is 37.8 Å². The normalized spacial score (nSPS) is 28.4. The highest BCUT2D eigenvalue weighted by atomic mass is 16.6. The van der Waals surface area contributed by atoms with E-state index >= 15 is 0 Å². The van der Waals surface area contributed by atoms with Gasteiger partial charge in [0.25, 0.3) is 0 Å². The molecule has 7 nitrogen and oxygen atoms in total. The Hall–Kier alpha value is -2.28. The first-order chi connectivity index (χ1) is 12.5. The van der Waals surface area contributed by atoms with E-state index in [1.807, 2.05) is 36.9 Å². The van der Waals surface area contributed by atoms with Crippen LogP contribution in [0.25, 0.3) is 0 Å². The van der Waals surface area contributed by atoms with Crippen molar-refractivity contribution in [3.63, 3.8) is 0 Å². The van der Waals surface area contributed by atoms with E-state index in [0.29, 0.717) is 44.3 Å². The monoisotopic (exact) mass is 360 g/mol. The van der Waals surface area contributed by atoms with Gasteiger partial charge in [0.05, 0.1) is 18.1 Å². The van der Waals surface area contributed by atoms with Crippen LogP contribution in [0.5, 0.6) is 11.5 Å². The first-order valence-electron chi connectivity index (χ1n) is 9.15. The summed E-state index contributed by atoms with van der Waals surface area (Å²) in [5, 5.41) is 0. The van der Waals surface area contributed by atoms with Crippen LogP contribution in [-0.2, 0) is 14.3 Å². The van der Waals surface area contributed by atoms with E-state index in [-0.39, 0.29) is 36.4 Å². The van der Waals surface area contributed by atoms with Gasteiger partial charge < -0.3 is 24.0 Å². The lowest BCUT2D eigenvalue weighted by Crippen LogP contribution is -2.50. The Morgan fingerprint density at radius 3 is 2.46 bits per heavy atom. The van der Waals surface area contributed by atoms with Crippen LogP contribution in [0.4, 0.5) is 5.69 Å². The van der Waals surface area contributed by atoms with E-state index in [1.165, 1.54) is 0 Å². The Balaban J connectivity index is 1.47. The maximum absolute atomic E-state index is 12.9. The van der Waals surface area contributed by atoms with Crippen LogP contribution in [0.2, 0.25) is 0 Å². The van der Waals surface area contributed by atoms with Crippen LogP contribution in [-0.4, -0.2) is 61.8 Å². The van der Waals surface area contributed by atoms with E-state index in [0.717, 1.165) is 5.69 Å². The fourth-order valence-corrected chi connectivity index (χ4v) is 3.94. The summed E-state index contributed by atoms with van der Waals surface area (Å²) < 4.78 is 16.8. The van der Waals surface area contributed by atoms with Gasteiger partial charge in [0.1, 0.15) is 13.2 Å². The van der Waals surface area contributed by atoms with Crippen molar-refractivity contribution in [1.82, 2.24) is 4.90 Å². The number of carbonyl (C=O) groups excluding carboxylic acids is 2. The summed E-state index contributed by atoms with van der Waals surface area (Å²) in [7, 11) is 0. The van der Waals surface area contributed by atoms with Crippen molar-refractivity contribution in [3.05, 3.63) is 18.2 Å². The molecule has 3 aliphatic rings. The van der Waals surface area contributed by atoms with E-state index in [1.54, 1.807) is 4.90 Å². The van der Waals surface area contributed by atoms with Crippen molar-refractivity contribution >= 4 is 17.5 Å². The zero-order valence-corrected chi connectivity index (χ0v) is 15.1. The van der Waals surface area contributed by atoms with E-state index in [9.17, 15) is 9.59 Å². The van der Waals surface area contributed by atoms with Crippen LogP contribution < -0.4 is 14.4 Å². The second-order valence-electron chi connectivity index (χ2n) is 7.23. The Morgan fingerprint density at radius 2 is 1.73 bits per heavy atom. The third kappa shape index (κ3) is 3.23. The maximum Gasteiger partial charge on any atom is 0.228 e. The molecule has 3 heterocycles. The van der Waals surface area contributed by atoms with Crippen LogP contribution in [0.3, 0.4) is 0 Å². The van der Waals surface area contributed by atoms with E-state index in [2.05, 4.69) is 0 Å². The Kier molecular flexibility index (Phi) is 4.48. The van der Waals surface area contributed by atoms with Crippen molar-refractivity contribution in [2.45, 2.75) is 32.5 Å². The summed E-state index contributed by atoms with van der Waals surface area (Å²) in [4.78, 5) is 28.9. The molecule has 2 saturated heterocycles. The molecule has 0 radical (unpaired) electrons. The first kappa shape index (κ1) is 17.1. The lowest BCUT2D eigenvalue weighted by Gasteiger charge is -2.36. The minimum absolute atomic E-state index is 0.0219. The third-order valence-electron chi connectivity index (χ3n) is 5.04. The van der Waals surface area contributed by atoms with Gasteiger partial charge in [0.2, 0.25) is 11.8 Å². The van der Waals surface area contributed by atoms with Gasteiger partial charge in [-0.15, -0.1) is 0 Å². The number of anilines is 1. The predicted octanol–water partition coefficient (Wildman–Crippen LogP) is 1.45. The average molecular weight is 360 g/mol. The molecule has 0 aliphatic carbocycles. The topological polar surface area (TPSA) is 68.3 Å². The predicted molar refractivity (Wildman–Crippen MR) is 94.5 cm³/mol. The number of hydrogen-bond acceptors (Lipinski definition) is 5. The quantitative estimate of drug-likeness (QED) is 0.798. The fourth-order valence-electron chi connectivity index (χ4n) is 3.94. The van der Waals surface area contributed by atoms with Crippen LogP contribution in [0.1, 0.15) is 20.3 Å². The van der Waals surface area contributed by atoms with Gasteiger partial charge in [-0.05, 0) is 26.0 Å². The summed E-state index contributed by atoms with van der Waals surface area (Å²) in [6.07, 6.45) is 0.287. The van der Waals surface area contributed by atoms with Crippen molar-refractivity contribution in [3.8, 4) is 11.5 Å². The Labute approximate surface area is 152 Å². The van der Waals surface area contributed by atoms with Gasteiger partial charge in [0.15, 0.2) is 11.5 Å². The van der Waals surface area contributed by atoms with Gasteiger partial charge in [-0.2, -0.15) is 0 Å². The number of fused-ring (bicyclic) bond motifs is 1. The zero-order chi connectivity index (χ0) is 18.3. The molecule has 1 aromatic rings. The molecule has 3 atom stereocenters. The number of nitrogens with zero attached hydrogens (tertiary/aromatic N) is 2. The molecule has 0 bridgehead atoms. The van der Waals surface area contributed by atoms with Gasteiger partial charge >= 0.3 is 0 Å². The number of carbonyl (C=O) groups is 2. The highest BCUT2D eigenvalue weighted by molar-refractivity contribution is 6.00. The van der Waals surface area contributed by atoms with Crippen LogP contribution >= 0.6 is 0 Å². The Morgan fingerprint density at radius 1 is 1.04 bits per heavy atom. The first-order valence-corrected chi connectivity index (χ1v) is 9.15. The van der Waals surface area contributed by atoms with E-state index < -0.39 is 0 Å². The molecule has 0 saturated carbocycles. The van der Waals surface area contributed by atoms with Crippen molar-refractivity contribution in [2.75, 3.05) is 37.7 Å². The second-order valence-corrected chi connectivity index (χ2v) is 7.23. The standard InChI is InChI=1S/C19H24N2O5/c1-12-9-20(10-13(2)26-12)19(23)14-7-18(22)21(11-14)15-3-4-16-17(8-15)25-6-5-24-16/h3-4,8,12-14H,5-7,9-11H2,1-2H3/t12-,13+,14-/m0/s1. The van der Waals surface area contributed by atoms with Crippen molar-refractivity contribution < 1.29 is 23.8 Å². The number of rotatable bonds is 2. The summed E-state index contributed by atoms with van der Waals surface area (Å²) in [5.41, 5.74) is 0.748. The Bertz CT molecular complexity index is 712. The molecule has 140 valence electrons. The zero-order valence-electron chi connectivity index (χ0n) is 15.1. The second kappa shape index (κ2) is 6.79. The molecule has 0 N–H and O–H groups in total. The highest BCUT2D eigenvalue weighted by Gasteiger charge is 2.39. The molecular formula is C19H24N2O5. The van der Waals surface area contributed by atoms with Crippen molar-refractivity contribution in [1.29, 1.82) is 0 Å². The lowest BCUT2D eigenvalue weighted by atomic mass is 10.1. The molecule has 26 heavy (non-hydrogen) atoms. The van der Waals surface area contributed by atoms with Gasteiger partial charge in [-0.25, -0.2) is 0 Å². The SMILES string of the molecule is C[C@@H]1CN(C(=O)[C@H]2CC(=O)N(c3ccc4c(c3)OCCO4)C2)C[C@H](C)O1. The fraction of sp³-hybridized carbons (Fsp3) is 0.579. The molecule has 3 aliphatic heterocycles. The third-order valence-corrected chi connectivity index (χ3v) is 5.04. The lowest BCUT2D eigenvalue weighted by molar-refractivity contribution is -0.147. The van der Waals surface area contributed by atoms with Crippen LogP contribution in [0.15, 0.2) is 18.2 Å². The van der Waals surface area contributed by atoms with Crippen LogP contribution in [0, 0.1) is 5.92 Å². The van der Waals surface area contributed by atoms with Gasteiger partial charge in [-0.1, -0.05) is 0 Å². The molecular weight excluding hydrogens is 336 g/mol. The number of ether oxygens (including phenoxy) is 3. The van der Waals surface area contributed by atoms with Crippen molar-refractivity contribution in [2.24, 2.45) is 5.92 Å². The van der Waals surface area contributed by atoms with Gasteiger partial charge in [-0.3, -0.25) is 9.59 Å². The molecule has 4 rings (SSSR count). The smallest absolute Gasteiger partial charge is 0.228 e. The maximum atomic E-state index is 12.9.